The number of amides is 1. The summed E-state index contributed by atoms with van der Waals surface area (Å²) in [5, 5.41) is 5.46. The molecule has 0 aliphatic carbocycles. The molecule has 1 amide bonds. The number of hydrogen-bond acceptors (Lipinski definition) is 5. The highest BCUT2D eigenvalue weighted by Gasteiger charge is 2.30. The summed E-state index contributed by atoms with van der Waals surface area (Å²) in [5.74, 6) is 0.255. The number of carbonyl (C=O) groups is 1. The van der Waals surface area contributed by atoms with Gasteiger partial charge in [0.25, 0.3) is 5.91 Å². The van der Waals surface area contributed by atoms with Crippen molar-refractivity contribution in [3.8, 4) is 5.75 Å². The van der Waals surface area contributed by atoms with E-state index in [1.165, 1.54) is 24.4 Å². The zero-order chi connectivity index (χ0) is 20.1. The topological polar surface area (TPSA) is 76.1 Å². The van der Waals surface area contributed by atoms with Crippen LogP contribution in [0.2, 0.25) is 0 Å². The second-order valence-corrected chi connectivity index (χ2v) is 5.65. The molecule has 0 atom stereocenters. The highest BCUT2D eigenvalue weighted by atomic mass is 19.4. The smallest absolute Gasteiger partial charge is 0.416 e. The molecule has 3 rings (SSSR count). The fourth-order valence-corrected chi connectivity index (χ4v) is 2.31. The standard InChI is InChI=1S/C19H15F3N4O2/c1-28-15-4-2-3-14(11-15)25-18-23-10-9-16(26-18)17(27)24-13-7-5-12(6-8-13)19(20,21)22/h2-11H,1H3,(H,24,27)(H,23,25,26). The van der Waals surface area contributed by atoms with E-state index in [1.807, 2.05) is 0 Å². The second kappa shape index (κ2) is 7.95. The van der Waals surface area contributed by atoms with Crippen LogP contribution in [-0.4, -0.2) is 23.0 Å². The average molecular weight is 388 g/mol. The van der Waals surface area contributed by atoms with Crippen LogP contribution in [0.5, 0.6) is 5.75 Å². The zero-order valence-electron chi connectivity index (χ0n) is 14.6. The van der Waals surface area contributed by atoms with Crippen LogP contribution in [-0.2, 0) is 6.18 Å². The van der Waals surface area contributed by atoms with Crippen molar-refractivity contribution in [1.82, 2.24) is 9.97 Å². The summed E-state index contributed by atoms with van der Waals surface area (Å²) < 4.78 is 42.9. The van der Waals surface area contributed by atoms with E-state index in [9.17, 15) is 18.0 Å². The molecule has 6 nitrogen and oxygen atoms in total. The lowest BCUT2D eigenvalue weighted by Gasteiger charge is -2.10. The molecule has 0 aliphatic heterocycles. The van der Waals surface area contributed by atoms with E-state index >= 15 is 0 Å². The van der Waals surface area contributed by atoms with Crippen LogP contribution < -0.4 is 15.4 Å². The Kier molecular flexibility index (Phi) is 5.44. The van der Waals surface area contributed by atoms with Gasteiger partial charge in [0, 0.05) is 23.6 Å². The van der Waals surface area contributed by atoms with E-state index in [0.717, 1.165) is 12.1 Å². The van der Waals surface area contributed by atoms with Crippen molar-refractivity contribution in [2.24, 2.45) is 0 Å². The maximum atomic E-state index is 12.6. The van der Waals surface area contributed by atoms with E-state index in [2.05, 4.69) is 20.6 Å². The van der Waals surface area contributed by atoms with Crippen LogP contribution in [0.3, 0.4) is 0 Å². The minimum atomic E-state index is -4.43. The predicted octanol–water partition coefficient (Wildman–Crippen LogP) is 4.50. The fraction of sp³-hybridized carbons (Fsp3) is 0.105. The van der Waals surface area contributed by atoms with Crippen molar-refractivity contribution < 1.29 is 22.7 Å². The minimum absolute atomic E-state index is 0.0558. The van der Waals surface area contributed by atoms with Gasteiger partial charge in [-0.15, -0.1) is 0 Å². The van der Waals surface area contributed by atoms with E-state index < -0.39 is 17.6 Å². The third-order valence-corrected chi connectivity index (χ3v) is 3.68. The first-order valence-corrected chi connectivity index (χ1v) is 8.08. The van der Waals surface area contributed by atoms with Gasteiger partial charge in [-0.25, -0.2) is 9.97 Å². The molecule has 0 spiro atoms. The number of halogens is 3. The molecule has 28 heavy (non-hydrogen) atoms. The first kappa shape index (κ1) is 19.2. The van der Waals surface area contributed by atoms with Gasteiger partial charge in [0.2, 0.25) is 5.95 Å². The monoisotopic (exact) mass is 388 g/mol. The number of methoxy groups -OCH3 is 1. The number of carbonyl (C=O) groups excluding carboxylic acids is 1. The van der Waals surface area contributed by atoms with E-state index in [1.54, 1.807) is 31.4 Å². The Balaban J connectivity index is 1.71. The summed E-state index contributed by atoms with van der Waals surface area (Å²) in [7, 11) is 1.54. The minimum Gasteiger partial charge on any atom is -0.497 e. The van der Waals surface area contributed by atoms with Crippen molar-refractivity contribution >= 4 is 23.2 Å². The Bertz CT molecular complexity index is 975. The van der Waals surface area contributed by atoms with Gasteiger partial charge < -0.3 is 15.4 Å². The van der Waals surface area contributed by atoms with Crippen LogP contribution in [0, 0.1) is 0 Å². The third-order valence-electron chi connectivity index (χ3n) is 3.68. The lowest BCUT2D eigenvalue weighted by molar-refractivity contribution is -0.137. The molecular weight excluding hydrogens is 373 g/mol. The number of aromatic nitrogens is 2. The van der Waals surface area contributed by atoms with Crippen LogP contribution in [0.15, 0.2) is 60.8 Å². The molecule has 0 fully saturated rings. The van der Waals surface area contributed by atoms with Crippen LogP contribution in [0.1, 0.15) is 16.1 Å². The summed E-state index contributed by atoms with van der Waals surface area (Å²) in [6.45, 7) is 0. The van der Waals surface area contributed by atoms with Crippen LogP contribution in [0.4, 0.5) is 30.5 Å². The SMILES string of the molecule is COc1cccc(Nc2nccc(C(=O)Nc3ccc(C(F)(F)F)cc3)n2)c1. The number of ether oxygens (including phenoxy) is 1. The summed E-state index contributed by atoms with van der Waals surface area (Å²) in [6, 6.07) is 12.6. The van der Waals surface area contributed by atoms with Gasteiger partial charge in [0.05, 0.1) is 12.7 Å². The number of benzene rings is 2. The predicted molar refractivity (Wildman–Crippen MR) is 97.7 cm³/mol. The molecule has 2 aromatic carbocycles. The lowest BCUT2D eigenvalue weighted by atomic mass is 10.2. The Morgan fingerprint density at radius 2 is 1.79 bits per heavy atom. The van der Waals surface area contributed by atoms with Crippen LogP contribution in [0.25, 0.3) is 0 Å². The quantitative estimate of drug-likeness (QED) is 0.673. The molecule has 9 heteroatoms. The molecule has 1 aromatic heterocycles. The molecule has 1 heterocycles. The van der Waals surface area contributed by atoms with E-state index in [4.69, 9.17) is 4.74 Å². The molecule has 0 saturated carbocycles. The molecular formula is C19H15F3N4O2. The molecule has 0 unspecified atom stereocenters. The largest absolute Gasteiger partial charge is 0.497 e. The van der Waals surface area contributed by atoms with Gasteiger partial charge >= 0.3 is 6.18 Å². The average Bonchev–Trinajstić information content (AvgIpc) is 2.68. The first-order chi connectivity index (χ1) is 13.3. The first-order valence-electron chi connectivity index (χ1n) is 8.08. The number of nitrogens with zero attached hydrogens (tertiary/aromatic N) is 2. The Morgan fingerprint density at radius 3 is 2.46 bits per heavy atom. The van der Waals surface area contributed by atoms with Crippen molar-refractivity contribution in [3.63, 3.8) is 0 Å². The molecule has 0 bridgehead atoms. The number of nitrogens with one attached hydrogen (secondary N) is 2. The van der Waals surface area contributed by atoms with Crippen LogP contribution >= 0.6 is 0 Å². The number of hydrogen-bond donors (Lipinski definition) is 2. The third kappa shape index (κ3) is 4.76. The van der Waals surface area contributed by atoms with Gasteiger partial charge in [-0.2, -0.15) is 13.2 Å². The summed E-state index contributed by atoms with van der Waals surface area (Å²) in [4.78, 5) is 20.5. The Hall–Kier alpha value is -3.62. The molecule has 0 saturated heterocycles. The maximum Gasteiger partial charge on any atom is 0.416 e. The van der Waals surface area contributed by atoms with E-state index in [0.29, 0.717) is 11.4 Å². The highest BCUT2D eigenvalue weighted by Crippen LogP contribution is 2.29. The van der Waals surface area contributed by atoms with Gasteiger partial charge in [-0.05, 0) is 42.5 Å². The van der Waals surface area contributed by atoms with Crippen molar-refractivity contribution in [3.05, 3.63) is 72.1 Å². The lowest BCUT2D eigenvalue weighted by Crippen LogP contribution is -2.15. The molecule has 0 aliphatic rings. The molecule has 144 valence electrons. The van der Waals surface area contributed by atoms with Gasteiger partial charge in [0.15, 0.2) is 0 Å². The summed E-state index contributed by atoms with van der Waals surface area (Å²) in [6.07, 6.45) is -3.03. The Morgan fingerprint density at radius 1 is 1.04 bits per heavy atom. The van der Waals surface area contributed by atoms with E-state index in [-0.39, 0.29) is 17.3 Å². The molecule has 3 aromatic rings. The molecule has 2 N–H and O–H groups in total. The second-order valence-electron chi connectivity index (χ2n) is 5.65. The highest BCUT2D eigenvalue weighted by molar-refractivity contribution is 6.03. The number of alkyl halides is 3. The number of rotatable bonds is 5. The zero-order valence-corrected chi connectivity index (χ0v) is 14.6. The van der Waals surface area contributed by atoms with Crippen molar-refractivity contribution in [2.75, 3.05) is 17.7 Å². The van der Waals surface area contributed by atoms with Crippen molar-refractivity contribution in [1.29, 1.82) is 0 Å². The molecule has 0 radical (unpaired) electrons. The van der Waals surface area contributed by atoms with Gasteiger partial charge in [-0.3, -0.25) is 4.79 Å². The number of anilines is 3. The normalized spacial score (nSPS) is 11.0. The fourth-order valence-electron chi connectivity index (χ4n) is 2.31. The van der Waals surface area contributed by atoms with Gasteiger partial charge in [-0.1, -0.05) is 6.07 Å². The summed E-state index contributed by atoms with van der Waals surface area (Å²) in [5.41, 5.74) is 0.149. The van der Waals surface area contributed by atoms with Gasteiger partial charge in [0.1, 0.15) is 11.4 Å². The van der Waals surface area contributed by atoms with Crippen molar-refractivity contribution in [2.45, 2.75) is 6.18 Å². The maximum absolute atomic E-state index is 12.6. The Labute approximate surface area is 158 Å². The summed E-state index contributed by atoms with van der Waals surface area (Å²) >= 11 is 0.